The van der Waals surface area contributed by atoms with Gasteiger partial charge in [-0.15, -0.1) is 0 Å². The summed E-state index contributed by atoms with van der Waals surface area (Å²) in [6.07, 6.45) is 7.40. The summed E-state index contributed by atoms with van der Waals surface area (Å²) in [4.78, 5) is 0. The van der Waals surface area contributed by atoms with Gasteiger partial charge in [0.25, 0.3) is 0 Å². The fraction of sp³-hybridized carbons (Fsp3) is 0.312. The summed E-state index contributed by atoms with van der Waals surface area (Å²) in [6.45, 7) is 2.15. The fourth-order valence-corrected chi connectivity index (χ4v) is 2.18. The van der Waals surface area contributed by atoms with E-state index in [0.29, 0.717) is 0 Å². The highest BCUT2D eigenvalue weighted by Crippen LogP contribution is 2.11. The fourth-order valence-electron chi connectivity index (χ4n) is 2.18. The number of pyridine rings is 1. The van der Waals surface area contributed by atoms with Crippen molar-refractivity contribution in [1.82, 2.24) is 0 Å². The summed E-state index contributed by atoms with van der Waals surface area (Å²) in [7, 11) is 2.04. The molecule has 0 saturated carbocycles. The second kappa shape index (κ2) is 7.58. The minimum Gasteiger partial charge on any atom is -1.00 e. The Labute approximate surface area is 131 Å². The maximum atomic E-state index is 12.8. The minimum atomic E-state index is -0.162. The molecule has 0 saturated heterocycles. The standard InChI is InChI=1S/C16H19FN.HI/c1-13-12-18(2)11-10-15(13)5-3-4-14-6-8-16(17)9-7-14;/h6-12H,3-5H2,1-2H3;1H/q+1;/p-1. The van der Waals surface area contributed by atoms with E-state index in [4.69, 9.17) is 0 Å². The highest BCUT2D eigenvalue weighted by molar-refractivity contribution is 5.20. The molecule has 0 fully saturated rings. The lowest BCUT2D eigenvalue weighted by molar-refractivity contribution is -0.671. The number of halogens is 2. The van der Waals surface area contributed by atoms with Crippen molar-refractivity contribution in [3.05, 3.63) is 65.2 Å². The van der Waals surface area contributed by atoms with Gasteiger partial charge in [0, 0.05) is 11.6 Å². The Morgan fingerprint density at radius 2 is 1.74 bits per heavy atom. The van der Waals surface area contributed by atoms with E-state index in [-0.39, 0.29) is 29.8 Å². The third-order valence-electron chi connectivity index (χ3n) is 3.24. The summed E-state index contributed by atoms with van der Waals surface area (Å²) in [6, 6.07) is 8.98. The molecule has 19 heavy (non-hydrogen) atoms. The van der Waals surface area contributed by atoms with Crippen molar-refractivity contribution in [3.8, 4) is 0 Å². The SMILES string of the molecule is Cc1c[n+](C)ccc1CCCc1ccc(F)cc1.[I-]. The van der Waals surface area contributed by atoms with Crippen molar-refractivity contribution in [2.75, 3.05) is 0 Å². The lowest BCUT2D eigenvalue weighted by Gasteiger charge is -2.04. The van der Waals surface area contributed by atoms with Crippen LogP contribution in [0.1, 0.15) is 23.1 Å². The highest BCUT2D eigenvalue weighted by atomic mass is 127. The number of nitrogens with zero attached hydrogens (tertiary/aromatic N) is 1. The van der Waals surface area contributed by atoms with Crippen molar-refractivity contribution in [1.29, 1.82) is 0 Å². The number of hydrogen-bond donors (Lipinski definition) is 0. The van der Waals surface area contributed by atoms with Gasteiger partial charge in [-0.3, -0.25) is 0 Å². The van der Waals surface area contributed by atoms with Gasteiger partial charge in [0.2, 0.25) is 0 Å². The van der Waals surface area contributed by atoms with Crippen LogP contribution in [0.2, 0.25) is 0 Å². The zero-order valence-corrected chi connectivity index (χ0v) is 13.5. The summed E-state index contributed by atoms with van der Waals surface area (Å²) in [5, 5.41) is 0. The number of rotatable bonds is 4. The molecule has 0 N–H and O–H groups in total. The number of aryl methyl sites for hydroxylation is 4. The van der Waals surface area contributed by atoms with E-state index in [0.717, 1.165) is 19.3 Å². The molecule has 0 aliphatic rings. The molecule has 0 atom stereocenters. The summed E-state index contributed by atoms with van der Waals surface area (Å²) in [5.41, 5.74) is 3.94. The molecule has 0 radical (unpaired) electrons. The lowest BCUT2D eigenvalue weighted by Crippen LogP contribution is -3.00. The Bertz CT molecular complexity index is 523. The average molecular weight is 371 g/mol. The van der Waals surface area contributed by atoms with Crippen molar-refractivity contribution >= 4 is 0 Å². The molecule has 0 bridgehead atoms. The Morgan fingerprint density at radius 3 is 2.37 bits per heavy atom. The zero-order chi connectivity index (χ0) is 13.0. The molecule has 2 rings (SSSR count). The largest absolute Gasteiger partial charge is 1.00 e. The van der Waals surface area contributed by atoms with Crippen LogP contribution in [0.5, 0.6) is 0 Å². The summed E-state index contributed by atoms with van der Waals surface area (Å²) < 4.78 is 14.8. The highest BCUT2D eigenvalue weighted by Gasteiger charge is 2.03. The maximum absolute atomic E-state index is 12.8. The molecule has 3 heteroatoms. The van der Waals surface area contributed by atoms with Crippen LogP contribution in [-0.4, -0.2) is 0 Å². The molecule has 0 aliphatic heterocycles. The quantitative estimate of drug-likeness (QED) is 0.532. The van der Waals surface area contributed by atoms with E-state index in [1.165, 1.54) is 28.8 Å². The molecule has 102 valence electrons. The number of aromatic nitrogens is 1. The van der Waals surface area contributed by atoms with E-state index in [1.54, 1.807) is 0 Å². The second-order valence-electron chi connectivity index (χ2n) is 4.80. The van der Waals surface area contributed by atoms with Gasteiger partial charge >= 0.3 is 0 Å². The first kappa shape index (κ1) is 16.1. The summed E-state index contributed by atoms with van der Waals surface area (Å²) >= 11 is 0. The predicted molar refractivity (Wildman–Crippen MR) is 70.8 cm³/mol. The van der Waals surface area contributed by atoms with Crippen molar-refractivity contribution in [3.63, 3.8) is 0 Å². The Kier molecular flexibility index (Phi) is 6.42. The molecular formula is C16H19FIN. The topological polar surface area (TPSA) is 3.88 Å². The van der Waals surface area contributed by atoms with Crippen LogP contribution in [0, 0.1) is 12.7 Å². The van der Waals surface area contributed by atoms with Gasteiger partial charge in [-0.1, -0.05) is 12.1 Å². The Morgan fingerprint density at radius 1 is 1.05 bits per heavy atom. The van der Waals surface area contributed by atoms with Crippen molar-refractivity contribution in [2.24, 2.45) is 7.05 Å². The Hall–Kier alpha value is -0.970. The first-order chi connectivity index (χ1) is 8.65. The van der Waals surface area contributed by atoms with Crippen LogP contribution in [0.15, 0.2) is 42.7 Å². The van der Waals surface area contributed by atoms with Gasteiger partial charge in [-0.25, -0.2) is 8.96 Å². The first-order valence-electron chi connectivity index (χ1n) is 6.34. The van der Waals surface area contributed by atoms with Crippen LogP contribution in [0.3, 0.4) is 0 Å². The van der Waals surface area contributed by atoms with Crippen molar-refractivity contribution < 1.29 is 32.9 Å². The molecule has 0 unspecified atom stereocenters. The molecular weight excluding hydrogens is 352 g/mol. The third kappa shape index (κ3) is 4.90. The second-order valence-corrected chi connectivity index (χ2v) is 4.80. The molecule has 1 aromatic carbocycles. The number of hydrogen-bond acceptors (Lipinski definition) is 0. The molecule has 0 aliphatic carbocycles. The van der Waals surface area contributed by atoms with Crippen molar-refractivity contribution in [2.45, 2.75) is 26.2 Å². The van der Waals surface area contributed by atoms with Crippen LogP contribution < -0.4 is 28.5 Å². The van der Waals surface area contributed by atoms with E-state index in [2.05, 4.69) is 30.0 Å². The van der Waals surface area contributed by atoms with Gasteiger partial charge in [-0.2, -0.15) is 0 Å². The van der Waals surface area contributed by atoms with Gasteiger partial charge in [0.15, 0.2) is 12.4 Å². The van der Waals surface area contributed by atoms with E-state index in [1.807, 2.05) is 19.2 Å². The molecule has 0 amide bonds. The van der Waals surface area contributed by atoms with Gasteiger partial charge in [0.1, 0.15) is 12.9 Å². The smallest absolute Gasteiger partial charge is 0.171 e. The zero-order valence-electron chi connectivity index (χ0n) is 11.4. The average Bonchev–Trinajstić information content (AvgIpc) is 2.34. The lowest BCUT2D eigenvalue weighted by atomic mass is 10.0. The van der Waals surface area contributed by atoms with Crippen LogP contribution >= 0.6 is 0 Å². The Balaban J connectivity index is 0.00000180. The molecule has 1 aromatic heterocycles. The first-order valence-corrected chi connectivity index (χ1v) is 6.34. The molecule has 1 nitrogen and oxygen atoms in total. The maximum Gasteiger partial charge on any atom is 0.171 e. The van der Waals surface area contributed by atoms with Gasteiger partial charge < -0.3 is 24.0 Å². The normalized spacial score (nSPS) is 10.1. The molecule has 0 spiro atoms. The molecule has 2 aromatic rings. The van der Waals surface area contributed by atoms with Crippen LogP contribution in [0.25, 0.3) is 0 Å². The van der Waals surface area contributed by atoms with E-state index in [9.17, 15) is 4.39 Å². The predicted octanol–water partition coefficient (Wildman–Crippen LogP) is 0.138. The van der Waals surface area contributed by atoms with Crippen LogP contribution in [-0.2, 0) is 19.9 Å². The summed E-state index contributed by atoms with van der Waals surface area (Å²) in [5.74, 6) is -0.162. The monoisotopic (exact) mass is 371 g/mol. The molecule has 1 heterocycles. The van der Waals surface area contributed by atoms with Gasteiger partial charge in [-0.05, 0) is 49.4 Å². The van der Waals surface area contributed by atoms with E-state index < -0.39 is 0 Å². The van der Waals surface area contributed by atoms with Crippen LogP contribution in [0.4, 0.5) is 4.39 Å². The third-order valence-corrected chi connectivity index (χ3v) is 3.24. The number of benzene rings is 1. The minimum absolute atomic E-state index is 0. The van der Waals surface area contributed by atoms with E-state index >= 15 is 0 Å². The van der Waals surface area contributed by atoms with Gasteiger partial charge in [0.05, 0.1) is 0 Å².